The van der Waals surface area contributed by atoms with E-state index in [-0.39, 0.29) is 12.1 Å². The van der Waals surface area contributed by atoms with Gasteiger partial charge >= 0.3 is 0 Å². The molecule has 1 aromatic heterocycles. The molecule has 33 heavy (non-hydrogen) atoms. The van der Waals surface area contributed by atoms with Crippen LogP contribution in [0.15, 0.2) is 78.6 Å². The van der Waals surface area contributed by atoms with Gasteiger partial charge in [-0.25, -0.2) is 9.67 Å². The van der Waals surface area contributed by atoms with Crippen molar-refractivity contribution >= 4 is 28.8 Å². The Morgan fingerprint density at radius 3 is 2.76 bits per heavy atom. The average Bonchev–Trinajstić information content (AvgIpc) is 3.31. The fourth-order valence-electron chi connectivity index (χ4n) is 4.81. The van der Waals surface area contributed by atoms with Crippen molar-refractivity contribution in [2.75, 3.05) is 7.11 Å². The van der Waals surface area contributed by atoms with Crippen LogP contribution in [0.25, 0.3) is 5.57 Å². The summed E-state index contributed by atoms with van der Waals surface area (Å²) in [6.07, 6.45) is 1.90. The van der Waals surface area contributed by atoms with Crippen LogP contribution >= 0.6 is 23.2 Å². The van der Waals surface area contributed by atoms with Crippen LogP contribution in [-0.2, 0) is 6.42 Å². The van der Waals surface area contributed by atoms with Gasteiger partial charge in [0.2, 0.25) is 0 Å². The van der Waals surface area contributed by atoms with E-state index < -0.39 is 0 Å². The van der Waals surface area contributed by atoms with Gasteiger partial charge in [0.25, 0.3) is 0 Å². The molecular formula is C26H19Cl2N3O2. The smallest absolute Gasteiger partial charge is 0.148 e. The van der Waals surface area contributed by atoms with Crippen molar-refractivity contribution in [3.63, 3.8) is 0 Å². The third kappa shape index (κ3) is 3.31. The minimum Gasteiger partial charge on any atom is -0.497 e. The number of hydrogen-bond acceptors (Lipinski definition) is 4. The molecule has 0 amide bonds. The summed E-state index contributed by atoms with van der Waals surface area (Å²) in [5, 5.41) is 5.75. The minimum absolute atomic E-state index is 0.291. The maximum Gasteiger partial charge on any atom is 0.148 e. The van der Waals surface area contributed by atoms with Crippen molar-refractivity contribution in [1.29, 1.82) is 0 Å². The van der Waals surface area contributed by atoms with Crippen LogP contribution in [-0.4, -0.2) is 21.9 Å². The lowest BCUT2D eigenvalue weighted by Gasteiger charge is -2.39. The first-order chi connectivity index (χ1) is 16.1. The van der Waals surface area contributed by atoms with Gasteiger partial charge in [-0.15, -0.1) is 0 Å². The molecule has 0 spiro atoms. The first-order valence-electron chi connectivity index (χ1n) is 10.6. The van der Waals surface area contributed by atoms with E-state index in [9.17, 15) is 0 Å². The van der Waals surface area contributed by atoms with Crippen LogP contribution in [0.1, 0.15) is 34.7 Å². The molecule has 0 fully saturated rings. The molecule has 2 unspecified atom stereocenters. The summed E-state index contributed by atoms with van der Waals surface area (Å²) in [4.78, 5) is 4.56. The predicted octanol–water partition coefficient (Wildman–Crippen LogP) is 6.33. The molecule has 0 saturated heterocycles. The van der Waals surface area contributed by atoms with Crippen LogP contribution in [0.3, 0.4) is 0 Å². The molecule has 3 aromatic carbocycles. The Morgan fingerprint density at radius 2 is 1.91 bits per heavy atom. The van der Waals surface area contributed by atoms with Crippen LogP contribution in [0, 0.1) is 0 Å². The second-order valence-electron chi connectivity index (χ2n) is 8.07. The molecule has 0 radical (unpaired) electrons. The molecule has 2 atom stereocenters. The van der Waals surface area contributed by atoms with E-state index in [1.807, 2.05) is 53.2 Å². The molecule has 5 nitrogen and oxygen atoms in total. The summed E-state index contributed by atoms with van der Waals surface area (Å²) >= 11 is 13.0. The van der Waals surface area contributed by atoms with Crippen molar-refractivity contribution in [2.45, 2.75) is 18.6 Å². The van der Waals surface area contributed by atoms with Gasteiger partial charge in [0.05, 0.1) is 7.11 Å². The van der Waals surface area contributed by atoms with Gasteiger partial charge in [-0.1, -0.05) is 59.6 Å². The molecule has 2 aliphatic heterocycles. The average molecular weight is 476 g/mol. The van der Waals surface area contributed by atoms with Gasteiger partial charge in [-0.3, -0.25) is 0 Å². The summed E-state index contributed by atoms with van der Waals surface area (Å²) in [5.74, 6) is 2.50. The Hall–Kier alpha value is -3.28. The number of hydrogen-bond donors (Lipinski definition) is 0. The number of nitrogens with zero attached hydrogens (tertiary/aromatic N) is 3. The van der Waals surface area contributed by atoms with Crippen LogP contribution < -0.4 is 9.47 Å². The zero-order chi connectivity index (χ0) is 22.5. The number of para-hydroxylation sites is 1. The van der Waals surface area contributed by atoms with Crippen LogP contribution in [0.2, 0.25) is 10.0 Å². The van der Waals surface area contributed by atoms with E-state index in [1.54, 1.807) is 19.5 Å². The van der Waals surface area contributed by atoms with Crippen molar-refractivity contribution in [3.8, 4) is 11.5 Å². The molecule has 0 saturated carbocycles. The van der Waals surface area contributed by atoms with Crippen molar-refractivity contribution in [2.24, 2.45) is 0 Å². The standard InChI is InChI=1S/C26H19Cl2N3O2/c1-32-17-6-4-5-15(11-17)26-24-20(18-7-2-3-8-22(18)33-26)13-23-29-14-30-31(23)25(24)19-10-9-16(27)12-21(19)28/h2-12,14,25-26H,13H2,1H3. The lowest BCUT2D eigenvalue weighted by Crippen LogP contribution is -2.31. The third-order valence-corrected chi connectivity index (χ3v) is 6.83. The van der Waals surface area contributed by atoms with Gasteiger partial charge in [0.15, 0.2) is 0 Å². The third-order valence-electron chi connectivity index (χ3n) is 6.26. The fourth-order valence-corrected chi connectivity index (χ4v) is 5.32. The Morgan fingerprint density at radius 1 is 1.03 bits per heavy atom. The first kappa shape index (κ1) is 20.3. The Labute approximate surface area is 201 Å². The number of allylic oxidation sites excluding steroid dienone is 1. The molecule has 164 valence electrons. The van der Waals surface area contributed by atoms with Crippen LogP contribution in [0.5, 0.6) is 11.5 Å². The van der Waals surface area contributed by atoms with Gasteiger partial charge in [0.1, 0.15) is 35.8 Å². The molecule has 4 aromatic rings. The van der Waals surface area contributed by atoms with E-state index in [0.717, 1.165) is 39.6 Å². The highest BCUT2D eigenvalue weighted by Gasteiger charge is 2.41. The van der Waals surface area contributed by atoms with Gasteiger partial charge in [0, 0.05) is 33.2 Å². The number of rotatable bonds is 3. The number of benzene rings is 3. The maximum absolute atomic E-state index is 6.74. The summed E-state index contributed by atoms with van der Waals surface area (Å²) < 4.78 is 14.1. The van der Waals surface area contributed by atoms with Crippen molar-refractivity contribution in [3.05, 3.63) is 111 Å². The van der Waals surface area contributed by atoms with Crippen LogP contribution in [0.4, 0.5) is 0 Å². The Kier molecular flexibility index (Phi) is 4.89. The van der Waals surface area contributed by atoms with Crippen molar-refractivity contribution in [1.82, 2.24) is 14.8 Å². The molecule has 3 heterocycles. The summed E-state index contributed by atoms with van der Waals surface area (Å²) in [6, 6.07) is 21.4. The number of fused-ring (bicyclic) bond motifs is 3. The Balaban J connectivity index is 1.64. The molecular weight excluding hydrogens is 457 g/mol. The molecule has 2 aliphatic rings. The number of aromatic nitrogens is 3. The van der Waals surface area contributed by atoms with E-state index in [0.29, 0.717) is 16.5 Å². The highest BCUT2D eigenvalue weighted by atomic mass is 35.5. The zero-order valence-electron chi connectivity index (χ0n) is 17.7. The van der Waals surface area contributed by atoms with E-state index in [2.05, 4.69) is 22.2 Å². The molecule has 7 heteroatoms. The maximum atomic E-state index is 6.74. The fraction of sp³-hybridized carbons (Fsp3) is 0.154. The summed E-state index contributed by atoms with van der Waals surface area (Å²) in [5.41, 5.74) is 5.23. The van der Waals surface area contributed by atoms with Gasteiger partial charge in [-0.05, 0) is 41.5 Å². The number of methoxy groups -OCH3 is 1. The van der Waals surface area contributed by atoms with E-state index in [1.165, 1.54) is 5.57 Å². The lowest BCUT2D eigenvalue weighted by atomic mass is 9.80. The first-order valence-corrected chi connectivity index (χ1v) is 11.4. The minimum atomic E-state index is -0.348. The normalized spacial score (nSPS) is 18.8. The summed E-state index contributed by atoms with van der Waals surface area (Å²) in [7, 11) is 1.67. The second kappa shape index (κ2) is 7.94. The highest BCUT2D eigenvalue weighted by Crippen LogP contribution is 2.52. The molecule has 0 bridgehead atoms. The van der Waals surface area contributed by atoms with Gasteiger partial charge in [-0.2, -0.15) is 5.10 Å². The molecule has 0 N–H and O–H groups in total. The quantitative estimate of drug-likeness (QED) is 0.347. The number of ether oxygens (including phenoxy) is 2. The molecule has 0 aliphatic carbocycles. The Bertz CT molecular complexity index is 1410. The second-order valence-corrected chi connectivity index (χ2v) is 8.91. The number of halogens is 2. The lowest BCUT2D eigenvalue weighted by molar-refractivity contribution is 0.220. The molecule has 6 rings (SSSR count). The monoisotopic (exact) mass is 475 g/mol. The highest BCUT2D eigenvalue weighted by molar-refractivity contribution is 6.35. The van der Waals surface area contributed by atoms with E-state index in [4.69, 9.17) is 32.7 Å². The topological polar surface area (TPSA) is 49.2 Å². The van der Waals surface area contributed by atoms with Crippen molar-refractivity contribution < 1.29 is 9.47 Å². The zero-order valence-corrected chi connectivity index (χ0v) is 19.2. The predicted molar refractivity (Wildman–Crippen MR) is 128 cm³/mol. The summed E-state index contributed by atoms with van der Waals surface area (Å²) in [6.45, 7) is 0. The van der Waals surface area contributed by atoms with Gasteiger partial charge < -0.3 is 9.47 Å². The largest absolute Gasteiger partial charge is 0.497 e. The van der Waals surface area contributed by atoms with E-state index >= 15 is 0 Å². The SMILES string of the molecule is COc1cccc(C2Oc3ccccc3C3=C2C(c2ccc(Cl)cc2Cl)n2ncnc2C3)c1.